The number of carbonyl (C=O) groups is 1. The molecule has 2 rings (SSSR count). The van der Waals surface area contributed by atoms with Gasteiger partial charge in [0.1, 0.15) is 5.75 Å². The Bertz CT molecular complexity index is 397. The maximum Gasteiger partial charge on any atom is 0.268 e. The molecular weight excluding hydrogens is 228 g/mol. The molecule has 2 N–H and O–H groups in total. The maximum atomic E-state index is 12.2. The molecule has 1 saturated carbocycles. The van der Waals surface area contributed by atoms with Gasteiger partial charge >= 0.3 is 0 Å². The highest BCUT2D eigenvalue weighted by Crippen LogP contribution is 2.22. The Morgan fingerprint density at radius 3 is 2.39 bits per heavy atom. The molecule has 4 heteroatoms. The molecule has 1 aromatic rings. The molecule has 0 spiro atoms. The van der Waals surface area contributed by atoms with Crippen LogP contribution in [-0.2, 0) is 0 Å². The summed E-state index contributed by atoms with van der Waals surface area (Å²) in [6.45, 7) is 0. The van der Waals surface area contributed by atoms with Crippen molar-refractivity contribution < 1.29 is 9.53 Å². The van der Waals surface area contributed by atoms with Gasteiger partial charge in [-0.1, -0.05) is 19.3 Å². The summed E-state index contributed by atoms with van der Waals surface area (Å²) < 4.78 is 5.07. The second-order valence-electron chi connectivity index (χ2n) is 4.73. The van der Waals surface area contributed by atoms with Crippen molar-refractivity contribution in [2.24, 2.45) is 5.84 Å². The summed E-state index contributed by atoms with van der Waals surface area (Å²) >= 11 is 0. The van der Waals surface area contributed by atoms with Crippen LogP contribution in [-0.4, -0.2) is 24.1 Å². The largest absolute Gasteiger partial charge is 0.497 e. The second kappa shape index (κ2) is 5.87. The molecule has 0 aliphatic heterocycles. The minimum Gasteiger partial charge on any atom is -0.497 e. The van der Waals surface area contributed by atoms with Crippen LogP contribution in [0, 0.1) is 0 Å². The number of benzene rings is 1. The fourth-order valence-electron chi connectivity index (χ4n) is 2.41. The van der Waals surface area contributed by atoms with Gasteiger partial charge in [0, 0.05) is 11.6 Å². The van der Waals surface area contributed by atoms with Gasteiger partial charge in [0.15, 0.2) is 0 Å². The molecule has 0 aromatic heterocycles. The summed E-state index contributed by atoms with van der Waals surface area (Å²) in [6.07, 6.45) is 5.60. The third-order valence-electron chi connectivity index (χ3n) is 3.54. The van der Waals surface area contributed by atoms with Gasteiger partial charge in [-0.2, -0.15) is 0 Å². The van der Waals surface area contributed by atoms with Crippen LogP contribution in [0.5, 0.6) is 5.75 Å². The highest BCUT2D eigenvalue weighted by molar-refractivity contribution is 5.94. The van der Waals surface area contributed by atoms with E-state index in [2.05, 4.69) is 0 Å². The first-order valence-corrected chi connectivity index (χ1v) is 6.44. The van der Waals surface area contributed by atoms with Crippen molar-refractivity contribution in [3.8, 4) is 5.75 Å². The zero-order valence-corrected chi connectivity index (χ0v) is 10.8. The van der Waals surface area contributed by atoms with E-state index in [0.29, 0.717) is 5.56 Å². The maximum absolute atomic E-state index is 12.2. The van der Waals surface area contributed by atoms with Crippen LogP contribution < -0.4 is 10.6 Å². The number of hydrazine groups is 1. The smallest absolute Gasteiger partial charge is 0.268 e. The molecule has 1 fully saturated rings. The van der Waals surface area contributed by atoms with Crippen molar-refractivity contribution in [3.63, 3.8) is 0 Å². The number of ether oxygens (including phenoxy) is 1. The minimum atomic E-state index is -0.107. The third-order valence-corrected chi connectivity index (χ3v) is 3.54. The van der Waals surface area contributed by atoms with E-state index in [9.17, 15) is 4.79 Å². The van der Waals surface area contributed by atoms with Gasteiger partial charge in [-0.25, -0.2) is 5.84 Å². The van der Waals surface area contributed by atoms with Crippen molar-refractivity contribution in [1.29, 1.82) is 0 Å². The predicted octanol–water partition coefficient (Wildman–Crippen LogP) is 2.34. The fourth-order valence-corrected chi connectivity index (χ4v) is 2.41. The Hall–Kier alpha value is -1.55. The normalized spacial score (nSPS) is 16.3. The predicted molar refractivity (Wildman–Crippen MR) is 70.2 cm³/mol. The van der Waals surface area contributed by atoms with Gasteiger partial charge in [0.2, 0.25) is 0 Å². The van der Waals surface area contributed by atoms with E-state index in [0.717, 1.165) is 31.4 Å². The van der Waals surface area contributed by atoms with E-state index in [4.69, 9.17) is 10.6 Å². The van der Waals surface area contributed by atoms with E-state index >= 15 is 0 Å². The molecule has 0 radical (unpaired) electrons. The van der Waals surface area contributed by atoms with Gasteiger partial charge in [-0.3, -0.25) is 9.80 Å². The number of carbonyl (C=O) groups excluding carboxylic acids is 1. The second-order valence-corrected chi connectivity index (χ2v) is 4.73. The molecule has 4 nitrogen and oxygen atoms in total. The fraction of sp³-hybridized carbons (Fsp3) is 0.500. The lowest BCUT2D eigenvalue weighted by atomic mass is 9.95. The first-order valence-electron chi connectivity index (χ1n) is 6.44. The average Bonchev–Trinajstić information content (AvgIpc) is 2.47. The Morgan fingerprint density at radius 1 is 1.22 bits per heavy atom. The minimum absolute atomic E-state index is 0.107. The Kier molecular flexibility index (Phi) is 4.20. The van der Waals surface area contributed by atoms with Crippen LogP contribution in [0.1, 0.15) is 42.5 Å². The lowest BCUT2D eigenvalue weighted by Crippen LogP contribution is -2.46. The van der Waals surface area contributed by atoms with Crippen LogP contribution in [0.2, 0.25) is 0 Å². The number of hydrogen-bond donors (Lipinski definition) is 1. The highest BCUT2D eigenvalue weighted by Gasteiger charge is 2.23. The summed E-state index contributed by atoms with van der Waals surface area (Å²) in [7, 11) is 1.61. The van der Waals surface area contributed by atoms with Crippen molar-refractivity contribution >= 4 is 5.91 Å². The molecule has 0 saturated heterocycles. The number of nitrogens with two attached hydrogens (primary N) is 1. The average molecular weight is 248 g/mol. The van der Waals surface area contributed by atoms with Crippen LogP contribution in [0.3, 0.4) is 0 Å². The molecule has 0 atom stereocenters. The molecule has 1 aromatic carbocycles. The molecule has 0 unspecified atom stereocenters. The number of amides is 1. The van der Waals surface area contributed by atoms with Gasteiger partial charge < -0.3 is 4.74 Å². The van der Waals surface area contributed by atoms with E-state index in [-0.39, 0.29) is 11.9 Å². The summed E-state index contributed by atoms with van der Waals surface area (Å²) in [6, 6.07) is 7.26. The van der Waals surface area contributed by atoms with Gasteiger partial charge in [0.05, 0.1) is 7.11 Å². The van der Waals surface area contributed by atoms with Gasteiger partial charge in [-0.05, 0) is 37.1 Å². The van der Waals surface area contributed by atoms with Crippen LogP contribution in [0.25, 0.3) is 0 Å². The van der Waals surface area contributed by atoms with Crippen molar-refractivity contribution in [3.05, 3.63) is 29.8 Å². The lowest BCUT2D eigenvalue weighted by Gasteiger charge is -2.30. The molecule has 18 heavy (non-hydrogen) atoms. The Labute approximate surface area is 108 Å². The van der Waals surface area contributed by atoms with E-state index in [1.54, 1.807) is 31.4 Å². The van der Waals surface area contributed by atoms with E-state index in [1.807, 2.05) is 0 Å². The van der Waals surface area contributed by atoms with Gasteiger partial charge in [-0.15, -0.1) is 0 Å². The Balaban J connectivity index is 2.04. The SMILES string of the molecule is COc1ccc(C(=O)N(N)C2CCCCC2)cc1. The van der Waals surface area contributed by atoms with Crippen molar-refractivity contribution in [2.75, 3.05) is 7.11 Å². The zero-order chi connectivity index (χ0) is 13.0. The van der Waals surface area contributed by atoms with E-state index < -0.39 is 0 Å². The number of rotatable bonds is 3. The molecule has 98 valence electrons. The molecule has 1 amide bonds. The molecular formula is C14H20N2O2. The summed E-state index contributed by atoms with van der Waals surface area (Å²) in [5, 5.41) is 1.40. The summed E-state index contributed by atoms with van der Waals surface area (Å²) in [5.74, 6) is 6.58. The van der Waals surface area contributed by atoms with Crippen LogP contribution >= 0.6 is 0 Å². The van der Waals surface area contributed by atoms with Crippen LogP contribution in [0.15, 0.2) is 24.3 Å². The number of hydrogen-bond acceptors (Lipinski definition) is 3. The Morgan fingerprint density at radius 2 is 1.83 bits per heavy atom. The standard InChI is InChI=1S/C14H20N2O2/c1-18-13-9-7-11(8-10-13)14(17)16(15)12-5-3-2-4-6-12/h7-10,12H,2-6,15H2,1H3. The molecule has 0 bridgehead atoms. The summed E-state index contributed by atoms with van der Waals surface area (Å²) in [4.78, 5) is 12.2. The van der Waals surface area contributed by atoms with Crippen LogP contribution in [0.4, 0.5) is 0 Å². The first kappa shape index (κ1) is 12.9. The molecule has 1 aliphatic rings. The van der Waals surface area contributed by atoms with Crippen molar-refractivity contribution in [2.45, 2.75) is 38.1 Å². The number of methoxy groups -OCH3 is 1. The summed E-state index contributed by atoms with van der Waals surface area (Å²) in [5.41, 5.74) is 0.615. The lowest BCUT2D eigenvalue weighted by molar-refractivity contribution is 0.0633. The van der Waals surface area contributed by atoms with Crippen molar-refractivity contribution in [1.82, 2.24) is 5.01 Å². The number of nitrogens with zero attached hydrogens (tertiary/aromatic N) is 1. The van der Waals surface area contributed by atoms with Gasteiger partial charge in [0.25, 0.3) is 5.91 Å². The topological polar surface area (TPSA) is 55.6 Å². The molecule has 0 heterocycles. The zero-order valence-electron chi connectivity index (χ0n) is 10.8. The first-order chi connectivity index (χ1) is 8.72. The van der Waals surface area contributed by atoms with E-state index in [1.165, 1.54) is 11.4 Å². The molecule has 1 aliphatic carbocycles. The monoisotopic (exact) mass is 248 g/mol. The quantitative estimate of drug-likeness (QED) is 0.507. The highest BCUT2D eigenvalue weighted by atomic mass is 16.5. The third kappa shape index (κ3) is 2.82.